The number of aryl methyl sites for hydroxylation is 1. The van der Waals surface area contributed by atoms with Crippen LogP contribution in [0.1, 0.15) is 11.1 Å². The number of hydrogen-bond acceptors (Lipinski definition) is 2. The standard InChI is InChI=1S/C15H10BrN3/c1-9-5-6-12(16)11(7-9)15-18-13-4-2-3-10(8-17)14(13)19-15/h2-7H,1H3,(H,18,19). The molecule has 0 saturated heterocycles. The number of aromatic nitrogens is 2. The van der Waals surface area contributed by atoms with E-state index in [1.54, 1.807) is 6.07 Å². The van der Waals surface area contributed by atoms with Gasteiger partial charge in [0, 0.05) is 10.0 Å². The normalized spacial score (nSPS) is 10.6. The number of rotatable bonds is 1. The number of imidazole rings is 1. The van der Waals surface area contributed by atoms with E-state index in [2.05, 4.69) is 38.0 Å². The van der Waals surface area contributed by atoms with Gasteiger partial charge in [0.15, 0.2) is 0 Å². The molecule has 0 aliphatic carbocycles. The van der Waals surface area contributed by atoms with E-state index >= 15 is 0 Å². The topological polar surface area (TPSA) is 52.5 Å². The van der Waals surface area contributed by atoms with Gasteiger partial charge in [-0.25, -0.2) is 4.98 Å². The van der Waals surface area contributed by atoms with Crippen molar-refractivity contribution < 1.29 is 0 Å². The summed E-state index contributed by atoms with van der Waals surface area (Å²) in [5.41, 5.74) is 4.35. The van der Waals surface area contributed by atoms with E-state index in [1.165, 1.54) is 5.56 Å². The lowest BCUT2D eigenvalue weighted by Crippen LogP contribution is -1.84. The fourth-order valence-corrected chi connectivity index (χ4v) is 2.50. The molecule has 3 rings (SSSR count). The van der Waals surface area contributed by atoms with Crippen molar-refractivity contribution in [3.63, 3.8) is 0 Å². The Hall–Kier alpha value is -2.12. The van der Waals surface area contributed by atoms with Gasteiger partial charge in [-0.2, -0.15) is 5.26 Å². The molecule has 0 saturated carbocycles. The van der Waals surface area contributed by atoms with Crippen LogP contribution in [0.4, 0.5) is 0 Å². The summed E-state index contributed by atoms with van der Waals surface area (Å²) in [7, 11) is 0. The summed E-state index contributed by atoms with van der Waals surface area (Å²) in [5.74, 6) is 0.772. The van der Waals surface area contributed by atoms with Gasteiger partial charge >= 0.3 is 0 Å². The third kappa shape index (κ3) is 2.02. The number of benzene rings is 2. The Bertz CT molecular complexity index is 812. The lowest BCUT2D eigenvalue weighted by Gasteiger charge is -2.01. The highest BCUT2D eigenvalue weighted by Crippen LogP contribution is 2.29. The molecule has 3 aromatic rings. The van der Waals surface area contributed by atoms with Gasteiger partial charge in [0.05, 0.1) is 11.1 Å². The van der Waals surface area contributed by atoms with Gasteiger partial charge in [-0.3, -0.25) is 0 Å². The Morgan fingerprint density at radius 2 is 2.11 bits per heavy atom. The molecule has 2 aromatic carbocycles. The van der Waals surface area contributed by atoms with Crippen molar-refractivity contribution in [1.82, 2.24) is 9.97 Å². The Morgan fingerprint density at radius 1 is 1.26 bits per heavy atom. The zero-order valence-corrected chi connectivity index (χ0v) is 11.8. The van der Waals surface area contributed by atoms with Crippen molar-refractivity contribution in [3.05, 3.63) is 52.0 Å². The van der Waals surface area contributed by atoms with Crippen molar-refractivity contribution >= 4 is 27.0 Å². The van der Waals surface area contributed by atoms with Crippen LogP contribution in [0.15, 0.2) is 40.9 Å². The van der Waals surface area contributed by atoms with Gasteiger partial charge in [-0.15, -0.1) is 0 Å². The minimum Gasteiger partial charge on any atom is -0.338 e. The molecule has 0 bridgehead atoms. The molecule has 0 spiro atoms. The summed E-state index contributed by atoms with van der Waals surface area (Å²) in [4.78, 5) is 7.81. The van der Waals surface area contributed by atoms with Crippen LogP contribution < -0.4 is 0 Å². The smallest absolute Gasteiger partial charge is 0.139 e. The number of para-hydroxylation sites is 1. The number of H-pyrrole nitrogens is 1. The Kier molecular flexibility index (Phi) is 2.84. The zero-order chi connectivity index (χ0) is 13.4. The van der Waals surface area contributed by atoms with Gasteiger partial charge in [0.25, 0.3) is 0 Å². The van der Waals surface area contributed by atoms with E-state index in [1.807, 2.05) is 31.2 Å². The van der Waals surface area contributed by atoms with Crippen molar-refractivity contribution in [3.8, 4) is 17.5 Å². The van der Waals surface area contributed by atoms with Gasteiger partial charge in [-0.1, -0.05) is 33.6 Å². The van der Waals surface area contributed by atoms with Gasteiger partial charge < -0.3 is 4.98 Å². The Morgan fingerprint density at radius 3 is 2.89 bits per heavy atom. The van der Waals surface area contributed by atoms with Crippen LogP contribution in [-0.2, 0) is 0 Å². The number of nitrogens with one attached hydrogen (secondary N) is 1. The quantitative estimate of drug-likeness (QED) is 0.733. The van der Waals surface area contributed by atoms with Gasteiger partial charge in [0.1, 0.15) is 17.4 Å². The lowest BCUT2D eigenvalue weighted by atomic mass is 10.1. The van der Waals surface area contributed by atoms with Crippen LogP contribution >= 0.6 is 15.9 Å². The summed E-state index contributed by atoms with van der Waals surface area (Å²) in [6.07, 6.45) is 0. The van der Waals surface area contributed by atoms with Crippen LogP contribution in [0.3, 0.4) is 0 Å². The highest BCUT2D eigenvalue weighted by Gasteiger charge is 2.11. The first-order valence-electron chi connectivity index (χ1n) is 5.84. The SMILES string of the molecule is Cc1ccc(Br)c(-c2nc3c(C#N)cccc3[nH]2)c1. The highest BCUT2D eigenvalue weighted by molar-refractivity contribution is 9.10. The summed E-state index contributed by atoms with van der Waals surface area (Å²) < 4.78 is 0.982. The predicted octanol–water partition coefficient (Wildman–Crippen LogP) is 4.17. The lowest BCUT2D eigenvalue weighted by molar-refractivity contribution is 1.31. The van der Waals surface area contributed by atoms with Crippen LogP contribution in [0.2, 0.25) is 0 Å². The second kappa shape index (κ2) is 4.52. The molecule has 3 nitrogen and oxygen atoms in total. The first-order valence-corrected chi connectivity index (χ1v) is 6.63. The molecular weight excluding hydrogens is 302 g/mol. The number of halogens is 1. The monoisotopic (exact) mass is 311 g/mol. The first kappa shape index (κ1) is 11.9. The van der Waals surface area contributed by atoms with Crippen molar-refractivity contribution in [2.24, 2.45) is 0 Å². The number of nitrogens with zero attached hydrogens (tertiary/aromatic N) is 2. The van der Waals surface area contributed by atoms with Crippen LogP contribution in [0.25, 0.3) is 22.4 Å². The molecule has 0 fully saturated rings. The molecule has 1 aromatic heterocycles. The second-order valence-electron chi connectivity index (χ2n) is 4.38. The number of hydrogen-bond donors (Lipinski definition) is 1. The molecule has 19 heavy (non-hydrogen) atoms. The average molecular weight is 312 g/mol. The highest BCUT2D eigenvalue weighted by atomic mass is 79.9. The van der Waals surface area contributed by atoms with E-state index < -0.39 is 0 Å². The number of fused-ring (bicyclic) bond motifs is 1. The Labute approximate surface area is 119 Å². The molecule has 0 unspecified atom stereocenters. The third-order valence-electron chi connectivity index (χ3n) is 3.01. The van der Waals surface area contributed by atoms with E-state index in [0.29, 0.717) is 11.1 Å². The molecule has 4 heteroatoms. The second-order valence-corrected chi connectivity index (χ2v) is 5.24. The molecule has 92 valence electrons. The molecule has 0 aliphatic heterocycles. The predicted molar refractivity (Wildman–Crippen MR) is 78.7 cm³/mol. The maximum atomic E-state index is 9.10. The fourth-order valence-electron chi connectivity index (χ4n) is 2.07. The Balaban J connectivity index is 2.27. The molecule has 0 radical (unpaired) electrons. The van der Waals surface area contributed by atoms with Crippen molar-refractivity contribution in [1.29, 1.82) is 5.26 Å². The van der Waals surface area contributed by atoms with Crippen LogP contribution in [0, 0.1) is 18.3 Å². The fraction of sp³-hybridized carbons (Fsp3) is 0.0667. The maximum absolute atomic E-state index is 9.10. The summed E-state index contributed by atoms with van der Waals surface area (Å²) in [6, 6.07) is 13.8. The van der Waals surface area contributed by atoms with Crippen molar-refractivity contribution in [2.75, 3.05) is 0 Å². The first-order chi connectivity index (χ1) is 9.19. The molecule has 0 amide bonds. The molecule has 1 heterocycles. The van der Waals surface area contributed by atoms with E-state index in [0.717, 1.165) is 21.4 Å². The third-order valence-corrected chi connectivity index (χ3v) is 3.70. The van der Waals surface area contributed by atoms with E-state index in [4.69, 9.17) is 5.26 Å². The van der Waals surface area contributed by atoms with Gasteiger partial charge in [-0.05, 0) is 31.2 Å². The summed E-state index contributed by atoms with van der Waals surface area (Å²) in [5, 5.41) is 9.10. The van der Waals surface area contributed by atoms with E-state index in [-0.39, 0.29) is 0 Å². The molecule has 1 N–H and O–H groups in total. The number of nitriles is 1. The largest absolute Gasteiger partial charge is 0.338 e. The molecule has 0 atom stereocenters. The molecular formula is C15H10BrN3. The van der Waals surface area contributed by atoms with Crippen LogP contribution in [-0.4, -0.2) is 9.97 Å². The maximum Gasteiger partial charge on any atom is 0.139 e. The minimum atomic E-state index is 0.587. The minimum absolute atomic E-state index is 0.587. The number of aromatic amines is 1. The van der Waals surface area contributed by atoms with Gasteiger partial charge in [0.2, 0.25) is 0 Å². The summed E-state index contributed by atoms with van der Waals surface area (Å²) in [6.45, 7) is 2.04. The van der Waals surface area contributed by atoms with Crippen molar-refractivity contribution in [2.45, 2.75) is 6.92 Å². The van der Waals surface area contributed by atoms with E-state index in [9.17, 15) is 0 Å². The average Bonchev–Trinajstić information content (AvgIpc) is 2.85. The van der Waals surface area contributed by atoms with Crippen LogP contribution in [0.5, 0.6) is 0 Å². The molecule has 0 aliphatic rings. The zero-order valence-electron chi connectivity index (χ0n) is 10.2. The summed E-state index contributed by atoms with van der Waals surface area (Å²) >= 11 is 3.53.